The number of carboxylic acids is 1. The molecular formula is C31H25FN2O4. The Morgan fingerprint density at radius 1 is 0.789 bits per heavy atom. The van der Waals surface area contributed by atoms with E-state index in [0.29, 0.717) is 30.5 Å². The highest BCUT2D eigenvalue weighted by atomic mass is 19.1. The Hall–Kier alpha value is -4.78. The van der Waals surface area contributed by atoms with Gasteiger partial charge in [0.2, 0.25) is 5.88 Å². The van der Waals surface area contributed by atoms with Crippen molar-refractivity contribution in [1.29, 1.82) is 0 Å². The molecule has 6 nitrogen and oxygen atoms in total. The number of fused-ring (bicyclic) bond motifs is 1. The van der Waals surface area contributed by atoms with Crippen molar-refractivity contribution in [2.75, 3.05) is 6.61 Å². The maximum absolute atomic E-state index is 13.3. The zero-order valence-electron chi connectivity index (χ0n) is 20.5. The van der Waals surface area contributed by atoms with Crippen molar-refractivity contribution in [2.45, 2.75) is 19.4 Å². The molecule has 0 aliphatic heterocycles. The molecule has 0 unspecified atom stereocenters. The lowest BCUT2D eigenvalue weighted by molar-refractivity contribution is -0.137. The van der Waals surface area contributed by atoms with Gasteiger partial charge < -0.3 is 14.6 Å². The van der Waals surface area contributed by atoms with Gasteiger partial charge in [0, 0.05) is 23.6 Å². The van der Waals surface area contributed by atoms with Crippen molar-refractivity contribution in [3.05, 3.63) is 108 Å². The van der Waals surface area contributed by atoms with Crippen LogP contribution >= 0.6 is 0 Å². The highest BCUT2D eigenvalue weighted by Crippen LogP contribution is 2.29. The third-order valence-electron chi connectivity index (χ3n) is 5.95. The Kier molecular flexibility index (Phi) is 7.54. The largest absolute Gasteiger partial charge is 0.494 e. The monoisotopic (exact) mass is 508 g/mol. The van der Waals surface area contributed by atoms with Crippen molar-refractivity contribution in [3.8, 4) is 34.3 Å². The lowest BCUT2D eigenvalue weighted by Gasteiger charge is -2.11. The zero-order chi connectivity index (χ0) is 26.3. The number of hydrogen-bond donors (Lipinski definition) is 1. The number of carbonyl (C=O) groups is 1. The average Bonchev–Trinajstić information content (AvgIpc) is 2.95. The molecule has 0 aliphatic rings. The fraction of sp³-hybridized carbons (Fsp3) is 0.129. The van der Waals surface area contributed by atoms with E-state index in [-0.39, 0.29) is 18.8 Å². The van der Waals surface area contributed by atoms with Crippen LogP contribution in [0.15, 0.2) is 97.1 Å². The SMILES string of the molecule is O=C(O)CCCOc1ccc2cc(-c3nc(OCc4ccc(F)cc4)cc(-c4ccccc4)n3)ccc2c1. The van der Waals surface area contributed by atoms with Crippen LogP contribution < -0.4 is 9.47 Å². The molecule has 0 amide bonds. The molecule has 7 heteroatoms. The molecule has 0 aliphatic carbocycles. The van der Waals surface area contributed by atoms with Crippen molar-refractivity contribution in [2.24, 2.45) is 0 Å². The van der Waals surface area contributed by atoms with Crippen LogP contribution in [0.1, 0.15) is 18.4 Å². The smallest absolute Gasteiger partial charge is 0.303 e. The summed E-state index contributed by atoms with van der Waals surface area (Å²) >= 11 is 0. The van der Waals surface area contributed by atoms with E-state index in [9.17, 15) is 9.18 Å². The summed E-state index contributed by atoms with van der Waals surface area (Å²) in [5.74, 6) is 0.508. The lowest BCUT2D eigenvalue weighted by Crippen LogP contribution is -2.02. The molecule has 0 atom stereocenters. The van der Waals surface area contributed by atoms with Gasteiger partial charge in [-0.2, -0.15) is 4.98 Å². The number of aliphatic carboxylic acids is 1. The number of benzene rings is 4. The van der Waals surface area contributed by atoms with Crippen LogP contribution in [0, 0.1) is 5.82 Å². The second kappa shape index (κ2) is 11.5. The first kappa shape index (κ1) is 24.9. The van der Waals surface area contributed by atoms with Gasteiger partial charge in [-0.15, -0.1) is 0 Å². The predicted octanol–water partition coefficient (Wildman–Crippen LogP) is 6.93. The summed E-state index contributed by atoms with van der Waals surface area (Å²) in [4.78, 5) is 20.2. The topological polar surface area (TPSA) is 81.5 Å². The molecule has 0 saturated carbocycles. The van der Waals surface area contributed by atoms with E-state index >= 15 is 0 Å². The molecule has 190 valence electrons. The van der Waals surface area contributed by atoms with E-state index < -0.39 is 5.97 Å². The standard InChI is InChI=1S/C31H25FN2O4/c32-26-13-8-21(9-14-26)20-38-29-19-28(22-5-2-1-3-6-22)33-31(34-29)25-11-10-24-18-27(15-12-23(24)17-25)37-16-4-7-30(35)36/h1-3,5-6,8-15,17-19H,4,7,16,20H2,(H,35,36). The van der Waals surface area contributed by atoms with Crippen LogP contribution in [0.3, 0.4) is 0 Å². The normalized spacial score (nSPS) is 10.9. The highest BCUT2D eigenvalue weighted by molar-refractivity contribution is 5.87. The molecule has 0 bridgehead atoms. The van der Waals surface area contributed by atoms with Gasteiger partial charge in [0.15, 0.2) is 5.82 Å². The number of carboxylic acid groups (broad SMARTS) is 1. The fourth-order valence-corrected chi connectivity index (χ4v) is 3.99. The van der Waals surface area contributed by atoms with E-state index in [1.807, 2.05) is 66.7 Å². The molecule has 4 aromatic carbocycles. The van der Waals surface area contributed by atoms with Crippen LogP contribution in [0.4, 0.5) is 4.39 Å². The quantitative estimate of drug-likeness (QED) is 0.206. The molecule has 1 heterocycles. The molecule has 1 N–H and O–H groups in total. The molecule has 0 fully saturated rings. The van der Waals surface area contributed by atoms with Crippen molar-refractivity contribution < 1.29 is 23.8 Å². The van der Waals surface area contributed by atoms with E-state index in [1.54, 1.807) is 18.2 Å². The van der Waals surface area contributed by atoms with Crippen molar-refractivity contribution in [3.63, 3.8) is 0 Å². The summed E-state index contributed by atoms with van der Waals surface area (Å²) in [5, 5.41) is 10.7. The predicted molar refractivity (Wildman–Crippen MR) is 144 cm³/mol. The summed E-state index contributed by atoms with van der Waals surface area (Å²) < 4.78 is 25.0. The number of hydrogen-bond acceptors (Lipinski definition) is 5. The second-order valence-electron chi connectivity index (χ2n) is 8.77. The molecular weight excluding hydrogens is 483 g/mol. The van der Waals surface area contributed by atoms with Gasteiger partial charge >= 0.3 is 5.97 Å². The Bertz CT molecular complexity index is 1560. The minimum Gasteiger partial charge on any atom is -0.494 e. The minimum absolute atomic E-state index is 0.0780. The maximum Gasteiger partial charge on any atom is 0.303 e. The summed E-state index contributed by atoms with van der Waals surface area (Å²) in [5.41, 5.74) is 3.33. The van der Waals surface area contributed by atoms with E-state index in [4.69, 9.17) is 19.6 Å². The van der Waals surface area contributed by atoms with Gasteiger partial charge in [0.1, 0.15) is 18.2 Å². The van der Waals surface area contributed by atoms with E-state index in [1.165, 1.54) is 12.1 Å². The Morgan fingerprint density at radius 3 is 2.34 bits per heavy atom. The van der Waals surface area contributed by atoms with Gasteiger partial charge in [-0.3, -0.25) is 4.79 Å². The first-order valence-electron chi connectivity index (χ1n) is 12.2. The van der Waals surface area contributed by atoms with E-state index in [2.05, 4.69) is 4.98 Å². The molecule has 38 heavy (non-hydrogen) atoms. The summed E-state index contributed by atoms with van der Waals surface area (Å²) in [6.45, 7) is 0.592. The average molecular weight is 509 g/mol. The third kappa shape index (κ3) is 6.31. The Balaban J connectivity index is 1.42. The summed E-state index contributed by atoms with van der Waals surface area (Å²) in [7, 11) is 0. The number of halogens is 1. The number of aromatic nitrogens is 2. The van der Waals surface area contributed by atoms with Crippen molar-refractivity contribution >= 4 is 16.7 Å². The second-order valence-corrected chi connectivity index (χ2v) is 8.77. The summed E-state index contributed by atoms with van der Waals surface area (Å²) in [6, 6.07) is 29.5. The number of nitrogens with zero attached hydrogens (tertiary/aromatic N) is 2. The molecule has 5 aromatic rings. The van der Waals surface area contributed by atoms with Gasteiger partial charge in [0.05, 0.1) is 12.3 Å². The molecule has 0 spiro atoms. The first-order valence-corrected chi connectivity index (χ1v) is 12.2. The van der Waals surface area contributed by atoms with Crippen molar-refractivity contribution in [1.82, 2.24) is 9.97 Å². The Labute approximate surface area is 219 Å². The molecule has 0 radical (unpaired) electrons. The first-order chi connectivity index (χ1) is 18.5. The van der Waals surface area contributed by atoms with Gasteiger partial charge in [-0.05, 0) is 53.1 Å². The van der Waals surface area contributed by atoms with Crippen LogP contribution in [0.2, 0.25) is 0 Å². The Morgan fingerprint density at radius 2 is 1.55 bits per heavy atom. The highest BCUT2D eigenvalue weighted by Gasteiger charge is 2.11. The van der Waals surface area contributed by atoms with Crippen LogP contribution in [-0.2, 0) is 11.4 Å². The maximum atomic E-state index is 13.3. The van der Waals surface area contributed by atoms with Gasteiger partial charge in [-0.25, -0.2) is 9.37 Å². The summed E-state index contributed by atoms with van der Waals surface area (Å²) in [6.07, 6.45) is 0.529. The zero-order valence-corrected chi connectivity index (χ0v) is 20.5. The van der Waals surface area contributed by atoms with Gasteiger partial charge in [-0.1, -0.05) is 60.7 Å². The van der Waals surface area contributed by atoms with Gasteiger partial charge in [0.25, 0.3) is 0 Å². The molecule has 1 aromatic heterocycles. The van der Waals surface area contributed by atoms with Crippen LogP contribution in [0.5, 0.6) is 11.6 Å². The number of rotatable bonds is 10. The number of ether oxygens (including phenoxy) is 2. The third-order valence-corrected chi connectivity index (χ3v) is 5.95. The van der Waals surface area contributed by atoms with E-state index in [0.717, 1.165) is 33.2 Å². The fourth-order valence-electron chi connectivity index (χ4n) is 3.99. The molecule has 0 saturated heterocycles. The lowest BCUT2D eigenvalue weighted by atomic mass is 10.1. The molecule has 5 rings (SSSR count). The van der Waals surface area contributed by atoms with Crippen LogP contribution in [0.25, 0.3) is 33.4 Å². The van der Waals surface area contributed by atoms with Crippen LogP contribution in [-0.4, -0.2) is 27.7 Å². The minimum atomic E-state index is -0.831.